The third kappa shape index (κ3) is 4.49. The summed E-state index contributed by atoms with van der Waals surface area (Å²) < 4.78 is 5.71. The number of halogens is 1. The molecule has 130 valence electrons. The fourth-order valence-electron chi connectivity index (χ4n) is 2.72. The van der Waals surface area contributed by atoms with Gasteiger partial charge in [-0.15, -0.1) is 24.0 Å². The molecular weight excluding hydrogens is 415 g/mol. The largest absolute Gasteiger partial charge is 0.443 e. The van der Waals surface area contributed by atoms with E-state index < -0.39 is 0 Å². The van der Waals surface area contributed by atoms with E-state index in [4.69, 9.17) is 10.2 Å². The van der Waals surface area contributed by atoms with Gasteiger partial charge in [0.1, 0.15) is 12.3 Å². The highest BCUT2D eigenvalue weighted by Crippen LogP contribution is 2.25. The molecule has 0 aliphatic heterocycles. The number of anilines is 1. The van der Waals surface area contributed by atoms with E-state index in [2.05, 4.69) is 54.3 Å². The number of nitrogens with one attached hydrogen (secondary N) is 1. The molecule has 1 aliphatic carbocycles. The molecule has 1 aliphatic rings. The van der Waals surface area contributed by atoms with E-state index in [1.807, 2.05) is 0 Å². The lowest BCUT2D eigenvalue weighted by Crippen LogP contribution is -2.22. The van der Waals surface area contributed by atoms with Crippen molar-refractivity contribution < 1.29 is 4.42 Å². The maximum Gasteiger partial charge on any atom is 0.216 e. The van der Waals surface area contributed by atoms with Crippen molar-refractivity contribution >= 4 is 35.6 Å². The average molecular weight is 440 g/mol. The fourth-order valence-corrected chi connectivity index (χ4v) is 2.72. The third-order valence-electron chi connectivity index (χ3n) is 4.05. The number of aryl methyl sites for hydroxylation is 2. The lowest BCUT2D eigenvalue weighted by Gasteiger charge is -2.12. The molecule has 6 heteroatoms. The molecule has 0 fully saturated rings. The first-order valence-corrected chi connectivity index (χ1v) is 8.06. The Morgan fingerprint density at radius 1 is 1.29 bits per heavy atom. The molecule has 0 radical (unpaired) electrons. The predicted octanol–water partition coefficient (Wildman–Crippen LogP) is 4.01. The molecule has 3 N–H and O–H groups in total. The van der Waals surface area contributed by atoms with Crippen LogP contribution in [0.15, 0.2) is 33.8 Å². The van der Waals surface area contributed by atoms with Crippen molar-refractivity contribution in [3.8, 4) is 0 Å². The van der Waals surface area contributed by atoms with Crippen LogP contribution in [0.3, 0.4) is 0 Å². The zero-order valence-electron chi connectivity index (χ0n) is 14.4. The lowest BCUT2D eigenvalue weighted by atomic mass is 9.94. The number of aliphatic imine (C=N–C) groups is 1. The smallest absolute Gasteiger partial charge is 0.216 e. The third-order valence-corrected chi connectivity index (χ3v) is 4.05. The first-order chi connectivity index (χ1) is 10.9. The first-order valence-electron chi connectivity index (χ1n) is 8.06. The number of nitrogens with zero attached hydrogens (tertiary/aromatic N) is 2. The van der Waals surface area contributed by atoms with E-state index >= 15 is 0 Å². The van der Waals surface area contributed by atoms with Crippen LogP contribution in [0.5, 0.6) is 0 Å². The zero-order chi connectivity index (χ0) is 16.4. The highest BCUT2D eigenvalue weighted by molar-refractivity contribution is 14.0. The molecule has 1 aromatic carbocycles. The molecule has 0 spiro atoms. The van der Waals surface area contributed by atoms with Gasteiger partial charge in [-0.25, -0.2) is 9.98 Å². The van der Waals surface area contributed by atoms with E-state index in [1.165, 1.54) is 24.0 Å². The maximum absolute atomic E-state index is 5.96. The Bertz CT molecular complexity index is 731. The van der Waals surface area contributed by atoms with E-state index in [0.29, 0.717) is 18.4 Å². The quantitative estimate of drug-likeness (QED) is 0.430. The van der Waals surface area contributed by atoms with Crippen molar-refractivity contribution in [1.29, 1.82) is 0 Å². The van der Waals surface area contributed by atoms with Gasteiger partial charge in [-0.1, -0.05) is 26.8 Å². The average Bonchev–Trinajstić information content (AvgIpc) is 3.13. The number of guanidine groups is 1. The lowest BCUT2D eigenvalue weighted by molar-refractivity contribution is 0.383. The fraction of sp³-hybridized carbons (Fsp3) is 0.444. The van der Waals surface area contributed by atoms with Crippen molar-refractivity contribution in [2.24, 2.45) is 10.7 Å². The molecule has 1 aromatic heterocycles. The van der Waals surface area contributed by atoms with E-state index in [0.717, 1.165) is 17.9 Å². The number of aromatic nitrogens is 1. The Hall–Kier alpha value is -1.57. The Morgan fingerprint density at radius 2 is 2.04 bits per heavy atom. The van der Waals surface area contributed by atoms with Gasteiger partial charge in [0, 0.05) is 11.1 Å². The highest BCUT2D eigenvalue weighted by atomic mass is 127. The summed E-state index contributed by atoms with van der Waals surface area (Å²) in [6.07, 6.45) is 5.32. The minimum absolute atomic E-state index is 0. The van der Waals surface area contributed by atoms with Gasteiger partial charge >= 0.3 is 0 Å². The van der Waals surface area contributed by atoms with Gasteiger partial charge in [-0.05, 0) is 42.5 Å². The summed E-state index contributed by atoms with van der Waals surface area (Å²) in [5.41, 5.74) is 9.74. The molecule has 0 atom stereocenters. The molecular formula is C18H25IN4O. The number of hydrogen-bond acceptors (Lipinski definition) is 3. The van der Waals surface area contributed by atoms with Crippen LogP contribution in [-0.4, -0.2) is 10.9 Å². The first kappa shape index (κ1) is 18.8. The summed E-state index contributed by atoms with van der Waals surface area (Å²) in [7, 11) is 0. The van der Waals surface area contributed by atoms with E-state index in [1.54, 1.807) is 6.20 Å². The van der Waals surface area contributed by atoms with Gasteiger partial charge in [-0.3, -0.25) is 0 Å². The number of benzene rings is 1. The molecule has 5 nitrogen and oxygen atoms in total. The van der Waals surface area contributed by atoms with Crippen molar-refractivity contribution in [3.63, 3.8) is 0 Å². The Morgan fingerprint density at radius 3 is 2.75 bits per heavy atom. The van der Waals surface area contributed by atoms with Crippen LogP contribution < -0.4 is 11.1 Å². The van der Waals surface area contributed by atoms with Gasteiger partial charge in [0.05, 0.1) is 6.20 Å². The number of fused-ring (bicyclic) bond motifs is 1. The molecule has 2 aromatic rings. The van der Waals surface area contributed by atoms with Gasteiger partial charge in [-0.2, -0.15) is 0 Å². The second-order valence-electron chi connectivity index (χ2n) is 7.03. The molecule has 0 unspecified atom stereocenters. The van der Waals surface area contributed by atoms with Crippen LogP contribution in [0.4, 0.5) is 5.69 Å². The number of rotatable bonds is 3. The van der Waals surface area contributed by atoms with Crippen molar-refractivity contribution in [3.05, 3.63) is 47.2 Å². The Kier molecular flexibility index (Phi) is 5.90. The molecule has 0 amide bonds. The summed E-state index contributed by atoms with van der Waals surface area (Å²) in [5.74, 6) is 1.81. The minimum atomic E-state index is -0.0524. The molecule has 24 heavy (non-hydrogen) atoms. The standard InChI is InChI=1S/C18H24N4O.HI/c1-18(2,3)15-10-20-16(23-15)11-21-17(19)22-14-8-7-12-5-4-6-13(12)9-14;/h7-10H,4-6,11H2,1-3H3,(H3,19,21,22);1H. The zero-order valence-corrected chi connectivity index (χ0v) is 16.8. The minimum Gasteiger partial charge on any atom is -0.443 e. The molecule has 1 heterocycles. The molecule has 0 bridgehead atoms. The van der Waals surface area contributed by atoms with Gasteiger partial charge < -0.3 is 15.5 Å². The summed E-state index contributed by atoms with van der Waals surface area (Å²) in [6.45, 7) is 6.60. The Labute approximate surface area is 160 Å². The molecule has 3 rings (SSSR count). The number of oxazole rings is 1. The highest BCUT2D eigenvalue weighted by Gasteiger charge is 2.19. The van der Waals surface area contributed by atoms with Crippen LogP contribution in [0.25, 0.3) is 0 Å². The van der Waals surface area contributed by atoms with Gasteiger partial charge in [0.2, 0.25) is 5.89 Å². The topological polar surface area (TPSA) is 76.4 Å². The normalized spacial score (nSPS) is 14.2. The Balaban J connectivity index is 0.00000208. The molecule has 0 saturated carbocycles. The van der Waals surface area contributed by atoms with Crippen LogP contribution in [0, 0.1) is 0 Å². The molecule has 0 saturated heterocycles. The second kappa shape index (κ2) is 7.55. The summed E-state index contributed by atoms with van der Waals surface area (Å²) >= 11 is 0. The summed E-state index contributed by atoms with van der Waals surface area (Å²) in [5, 5.41) is 3.14. The predicted molar refractivity (Wildman–Crippen MR) is 108 cm³/mol. The van der Waals surface area contributed by atoms with Crippen LogP contribution in [0.2, 0.25) is 0 Å². The SMILES string of the molecule is CC(C)(C)c1cnc(CN=C(N)Nc2ccc3c(c2)CCC3)o1.I. The van der Waals surface area contributed by atoms with Crippen molar-refractivity contribution in [1.82, 2.24) is 4.98 Å². The summed E-state index contributed by atoms with van der Waals surface area (Å²) in [4.78, 5) is 8.56. The van der Waals surface area contributed by atoms with E-state index in [-0.39, 0.29) is 29.4 Å². The monoisotopic (exact) mass is 440 g/mol. The van der Waals surface area contributed by atoms with Crippen LogP contribution in [0.1, 0.15) is 50.0 Å². The maximum atomic E-state index is 5.96. The van der Waals surface area contributed by atoms with Crippen LogP contribution in [-0.2, 0) is 24.8 Å². The van der Waals surface area contributed by atoms with Gasteiger partial charge in [0.25, 0.3) is 0 Å². The van der Waals surface area contributed by atoms with Gasteiger partial charge in [0.15, 0.2) is 5.96 Å². The van der Waals surface area contributed by atoms with Crippen molar-refractivity contribution in [2.45, 2.75) is 52.0 Å². The van der Waals surface area contributed by atoms with Crippen LogP contribution >= 0.6 is 24.0 Å². The summed E-state index contributed by atoms with van der Waals surface area (Å²) in [6, 6.07) is 6.38. The van der Waals surface area contributed by atoms with Crippen molar-refractivity contribution in [2.75, 3.05) is 5.32 Å². The number of nitrogens with two attached hydrogens (primary N) is 1. The number of hydrogen-bond donors (Lipinski definition) is 2. The second-order valence-corrected chi connectivity index (χ2v) is 7.03. The van der Waals surface area contributed by atoms with E-state index in [9.17, 15) is 0 Å².